The van der Waals surface area contributed by atoms with Gasteiger partial charge in [-0.05, 0) is 43.2 Å². The Morgan fingerprint density at radius 3 is 2.39 bits per heavy atom. The molecule has 0 fully saturated rings. The molecular weight excluding hydrogens is 232 g/mol. The zero-order chi connectivity index (χ0) is 13.4. The number of phenolic OH excluding ortho intramolecular Hbond substituents is 1. The van der Waals surface area contributed by atoms with Crippen LogP contribution in [0.15, 0.2) is 18.2 Å². The normalized spacial score (nSPS) is 10.6. The van der Waals surface area contributed by atoms with Crippen molar-refractivity contribution in [3.63, 3.8) is 0 Å². The first-order chi connectivity index (χ1) is 8.40. The fourth-order valence-corrected chi connectivity index (χ4v) is 1.83. The summed E-state index contributed by atoms with van der Waals surface area (Å²) >= 11 is 0. The second-order valence-corrected chi connectivity index (χ2v) is 4.30. The van der Waals surface area contributed by atoms with Gasteiger partial charge in [0, 0.05) is 12.6 Å². The van der Waals surface area contributed by atoms with E-state index in [1.54, 1.807) is 13.1 Å². The molecule has 1 aromatic heterocycles. The molecule has 0 unspecified atom stereocenters. The first kappa shape index (κ1) is 12.2. The van der Waals surface area contributed by atoms with E-state index in [2.05, 4.69) is 5.10 Å². The van der Waals surface area contributed by atoms with Crippen molar-refractivity contribution in [1.29, 1.82) is 0 Å². The molecule has 0 aliphatic carbocycles. The van der Waals surface area contributed by atoms with Crippen molar-refractivity contribution < 1.29 is 15.0 Å². The largest absolute Gasteiger partial charge is 0.507 e. The van der Waals surface area contributed by atoms with Gasteiger partial charge in [0.15, 0.2) is 5.69 Å². The molecule has 0 aliphatic rings. The number of carboxylic acid groups (broad SMARTS) is 1. The number of rotatable bonds is 2. The maximum absolute atomic E-state index is 10.9. The van der Waals surface area contributed by atoms with Crippen LogP contribution < -0.4 is 0 Å². The summed E-state index contributed by atoms with van der Waals surface area (Å²) in [5.74, 6) is -0.960. The van der Waals surface area contributed by atoms with Crippen molar-refractivity contribution in [2.24, 2.45) is 7.05 Å². The molecule has 1 heterocycles. The van der Waals surface area contributed by atoms with Gasteiger partial charge in [-0.2, -0.15) is 5.10 Å². The predicted octanol–water partition coefficient (Wildman–Crippen LogP) is 2.11. The summed E-state index contributed by atoms with van der Waals surface area (Å²) in [5, 5.41) is 22.7. The van der Waals surface area contributed by atoms with Crippen LogP contribution >= 0.6 is 0 Å². The Kier molecular flexibility index (Phi) is 2.82. The monoisotopic (exact) mass is 246 g/mol. The summed E-state index contributed by atoms with van der Waals surface area (Å²) < 4.78 is 1.45. The number of phenols is 1. The number of aromatic hydroxyl groups is 1. The average molecular weight is 246 g/mol. The van der Waals surface area contributed by atoms with Crippen LogP contribution in [-0.4, -0.2) is 26.0 Å². The summed E-state index contributed by atoms with van der Waals surface area (Å²) in [6.45, 7) is 3.84. The molecule has 2 rings (SSSR count). The predicted molar refractivity (Wildman–Crippen MR) is 66.7 cm³/mol. The quantitative estimate of drug-likeness (QED) is 0.851. The topological polar surface area (TPSA) is 75.3 Å². The summed E-state index contributed by atoms with van der Waals surface area (Å²) in [7, 11) is 1.65. The lowest BCUT2D eigenvalue weighted by Crippen LogP contribution is -1.99. The van der Waals surface area contributed by atoms with Crippen molar-refractivity contribution in [1.82, 2.24) is 9.78 Å². The third-order valence-electron chi connectivity index (χ3n) is 2.99. The highest BCUT2D eigenvalue weighted by molar-refractivity contribution is 5.87. The number of aromatic carboxylic acids is 1. The van der Waals surface area contributed by atoms with Crippen LogP contribution in [0.3, 0.4) is 0 Å². The van der Waals surface area contributed by atoms with Crippen molar-refractivity contribution in [3.8, 4) is 17.0 Å². The number of benzene rings is 1. The molecule has 0 atom stereocenters. The van der Waals surface area contributed by atoms with Crippen molar-refractivity contribution in [2.75, 3.05) is 0 Å². The lowest BCUT2D eigenvalue weighted by molar-refractivity contribution is 0.0689. The van der Waals surface area contributed by atoms with Gasteiger partial charge in [0.25, 0.3) is 0 Å². The van der Waals surface area contributed by atoms with Crippen LogP contribution in [-0.2, 0) is 7.05 Å². The molecule has 94 valence electrons. The van der Waals surface area contributed by atoms with Crippen LogP contribution in [0, 0.1) is 13.8 Å². The Hall–Kier alpha value is -2.30. The van der Waals surface area contributed by atoms with E-state index in [1.807, 2.05) is 19.9 Å². The van der Waals surface area contributed by atoms with Crippen LogP contribution in [0.5, 0.6) is 5.75 Å². The lowest BCUT2D eigenvalue weighted by atomic mass is 10.0. The second kappa shape index (κ2) is 4.18. The maximum Gasteiger partial charge on any atom is 0.356 e. The van der Waals surface area contributed by atoms with Gasteiger partial charge in [-0.1, -0.05) is 0 Å². The van der Waals surface area contributed by atoms with E-state index >= 15 is 0 Å². The number of hydrogen-bond acceptors (Lipinski definition) is 3. The number of hydrogen-bond donors (Lipinski definition) is 2. The van der Waals surface area contributed by atoms with Gasteiger partial charge < -0.3 is 10.2 Å². The molecule has 0 radical (unpaired) electrons. The third kappa shape index (κ3) is 1.95. The van der Waals surface area contributed by atoms with Gasteiger partial charge in [-0.25, -0.2) is 4.79 Å². The minimum Gasteiger partial charge on any atom is -0.507 e. The molecule has 2 N–H and O–H groups in total. The SMILES string of the molecule is Cc1cc(O)c(-c2cc(C(=O)O)nn2C)cc1C. The molecule has 0 saturated heterocycles. The van der Waals surface area contributed by atoms with Crippen LogP contribution in [0.2, 0.25) is 0 Å². The van der Waals surface area contributed by atoms with Gasteiger partial charge in [0.1, 0.15) is 5.75 Å². The van der Waals surface area contributed by atoms with Gasteiger partial charge in [0.05, 0.1) is 5.69 Å². The molecule has 5 heteroatoms. The number of nitrogens with zero attached hydrogens (tertiary/aromatic N) is 2. The molecule has 2 aromatic rings. The zero-order valence-electron chi connectivity index (χ0n) is 10.4. The van der Waals surface area contributed by atoms with E-state index < -0.39 is 5.97 Å². The fourth-order valence-electron chi connectivity index (χ4n) is 1.83. The van der Waals surface area contributed by atoms with Gasteiger partial charge in [0.2, 0.25) is 0 Å². The van der Waals surface area contributed by atoms with Crippen molar-refractivity contribution in [2.45, 2.75) is 13.8 Å². The first-order valence-electron chi connectivity index (χ1n) is 5.48. The van der Waals surface area contributed by atoms with E-state index in [9.17, 15) is 9.90 Å². The number of aryl methyl sites for hydroxylation is 3. The van der Waals surface area contributed by atoms with Crippen molar-refractivity contribution in [3.05, 3.63) is 35.0 Å². The van der Waals surface area contributed by atoms with E-state index in [-0.39, 0.29) is 11.4 Å². The average Bonchev–Trinajstić information content (AvgIpc) is 2.66. The van der Waals surface area contributed by atoms with Gasteiger partial charge in [-0.15, -0.1) is 0 Å². The van der Waals surface area contributed by atoms with E-state index in [1.165, 1.54) is 10.7 Å². The Morgan fingerprint density at radius 2 is 1.83 bits per heavy atom. The highest BCUT2D eigenvalue weighted by atomic mass is 16.4. The van der Waals surface area contributed by atoms with Crippen LogP contribution in [0.4, 0.5) is 0 Å². The van der Waals surface area contributed by atoms with E-state index in [4.69, 9.17) is 5.11 Å². The molecule has 5 nitrogen and oxygen atoms in total. The van der Waals surface area contributed by atoms with E-state index in [0.29, 0.717) is 11.3 Å². The minimum absolute atomic E-state index is 0.0369. The Bertz CT molecular complexity index is 629. The Labute approximate surface area is 104 Å². The molecule has 0 saturated carbocycles. The Balaban J connectivity index is 2.62. The summed E-state index contributed by atoms with van der Waals surface area (Å²) in [6, 6.07) is 4.94. The van der Waals surface area contributed by atoms with E-state index in [0.717, 1.165) is 11.1 Å². The number of aromatic nitrogens is 2. The second-order valence-electron chi connectivity index (χ2n) is 4.30. The molecule has 1 aromatic carbocycles. The zero-order valence-corrected chi connectivity index (χ0v) is 10.4. The van der Waals surface area contributed by atoms with Crippen LogP contribution in [0.25, 0.3) is 11.3 Å². The highest BCUT2D eigenvalue weighted by Crippen LogP contribution is 2.31. The highest BCUT2D eigenvalue weighted by Gasteiger charge is 2.15. The molecule has 18 heavy (non-hydrogen) atoms. The summed E-state index contributed by atoms with van der Waals surface area (Å²) in [5.41, 5.74) is 3.14. The smallest absolute Gasteiger partial charge is 0.356 e. The van der Waals surface area contributed by atoms with Crippen LogP contribution in [0.1, 0.15) is 21.6 Å². The standard InChI is InChI=1S/C13H14N2O3/c1-7-4-9(12(16)5-8(7)2)11-6-10(13(17)18)14-15(11)3/h4-6,16H,1-3H3,(H,17,18). The molecular formula is C13H14N2O3. The maximum atomic E-state index is 10.9. The third-order valence-corrected chi connectivity index (χ3v) is 2.99. The molecule has 0 spiro atoms. The molecule has 0 bridgehead atoms. The molecule has 0 aliphatic heterocycles. The minimum atomic E-state index is -1.08. The molecule has 0 amide bonds. The Morgan fingerprint density at radius 1 is 1.22 bits per heavy atom. The van der Waals surface area contributed by atoms with Gasteiger partial charge >= 0.3 is 5.97 Å². The lowest BCUT2D eigenvalue weighted by Gasteiger charge is -2.08. The first-order valence-corrected chi connectivity index (χ1v) is 5.48. The number of carboxylic acids is 1. The summed E-state index contributed by atoms with van der Waals surface area (Å²) in [6.07, 6.45) is 0. The van der Waals surface area contributed by atoms with Crippen molar-refractivity contribution >= 4 is 5.97 Å². The van der Waals surface area contributed by atoms with Gasteiger partial charge in [-0.3, -0.25) is 4.68 Å². The summed E-state index contributed by atoms with van der Waals surface area (Å²) in [4.78, 5) is 10.9. The number of carbonyl (C=O) groups is 1. The fraction of sp³-hybridized carbons (Fsp3) is 0.231.